The van der Waals surface area contributed by atoms with Crippen LogP contribution in [0, 0.1) is 6.92 Å². The van der Waals surface area contributed by atoms with Crippen molar-refractivity contribution in [3.05, 3.63) is 29.3 Å². The summed E-state index contributed by atoms with van der Waals surface area (Å²) in [6, 6.07) is 6.15. The Kier molecular flexibility index (Phi) is 6.60. The number of benzene rings is 1. The number of likely N-dealkylation sites (N-methyl/N-ethyl adjacent to an activating group) is 1. The highest BCUT2D eigenvalue weighted by atomic mass is 16.1. The van der Waals surface area contributed by atoms with Gasteiger partial charge in [-0.25, -0.2) is 0 Å². The number of ketones is 1. The van der Waals surface area contributed by atoms with E-state index >= 15 is 0 Å². The van der Waals surface area contributed by atoms with Crippen LogP contribution in [0.15, 0.2) is 18.2 Å². The SMILES string of the molecule is CCN(CC)c1ccc(C(=O)CCN2CCN(C)CC2)cc1C. The molecule has 0 saturated carbocycles. The summed E-state index contributed by atoms with van der Waals surface area (Å²) in [6.45, 7) is 13.7. The predicted molar refractivity (Wildman–Crippen MR) is 97.6 cm³/mol. The van der Waals surface area contributed by atoms with E-state index in [0.717, 1.165) is 51.4 Å². The normalized spacial score (nSPS) is 16.5. The zero-order valence-corrected chi connectivity index (χ0v) is 15.1. The van der Waals surface area contributed by atoms with Gasteiger partial charge in [-0.15, -0.1) is 0 Å². The Bertz CT molecular complexity index is 517. The number of Topliss-reactive ketones (excluding diaryl/α,β-unsaturated/α-hetero) is 1. The van der Waals surface area contributed by atoms with Gasteiger partial charge in [0.25, 0.3) is 0 Å². The van der Waals surface area contributed by atoms with Crippen LogP contribution < -0.4 is 4.90 Å². The average molecular weight is 317 g/mol. The van der Waals surface area contributed by atoms with Crippen molar-refractivity contribution < 1.29 is 4.79 Å². The summed E-state index contributed by atoms with van der Waals surface area (Å²) in [4.78, 5) is 19.5. The minimum atomic E-state index is 0.262. The van der Waals surface area contributed by atoms with Crippen LogP contribution in [0.3, 0.4) is 0 Å². The van der Waals surface area contributed by atoms with Crippen molar-refractivity contribution in [1.29, 1.82) is 0 Å². The lowest BCUT2D eigenvalue weighted by Gasteiger charge is -2.32. The molecule has 23 heavy (non-hydrogen) atoms. The molecule has 0 amide bonds. The Balaban J connectivity index is 1.93. The molecule has 4 nitrogen and oxygen atoms in total. The van der Waals surface area contributed by atoms with Gasteiger partial charge < -0.3 is 14.7 Å². The molecule has 1 aliphatic rings. The van der Waals surface area contributed by atoms with E-state index in [2.05, 4.69) is 54.7 Å². The molecule has 0 aliphatic carbocycles. The molecule has 0 spiro atoms. The van der Waals surface area contributed by atoms with E-state index in [1.807, 2.05) is 6.07 Å². The fourth-order valence-corrected chi connectivity index (χ4v) is 3.22. The molecule has 0 aromatic heterocycles. The van der Waals surface area contributed by atoms with Gasteiger partial charge in [0.2, 0.25) is 0 Å². The Morgan fingerprint density at radius 3 is 2.35 bits per heavy atom. The minimum Gasteiger partial charge on any atom is -0.372 e. The second-order valence-electron chi connectivity index (χ2n) is 6.49. The van der Waals surface area contributed by atoms with Crippen LogP contribution in [0.25, 0.3) is 0 Å². The smallest absolute Gasteiger partial charge is 0.164 e. The highest BCUT2D eigenvalue weighted by Gasteiger charge is 2.16. The Hall–Kier alpha value is -1.39. The molecule has 0 bridgehead atoms. The summed E-state index contributed by atoms with van der Waals surface area (Å²) < 4.78 is 0. The number of nitrogens with zero attached hydrogens (tertiary/aromatic N) is 3. The Labute approximate surface area is 141 Å². The lowest BCUT2D eigenvalue weighted by atomic mass is 10.0. The number of hydrogen-bond acceptors (Lipinski definition) is 4. The van der Waals surface area contributed by atoms with Crippen LogP contribution in [-0.2, 0) is 0 Å². The number of aryl methyl sites for hydroxylation is 1. The van der Waals surface area contributed by atoms with Crippen molar-refractivity contribution in [3.8, 4) is 0 Å². The van der Waals surface area contributed by atoms with Crippen molar-refractivity contribution in [2.45, 2.75) is 27.2 Å². The molecular formula is C19H31N3O. The maximum atomic E-state index is 12.5. The highest BCUT2D eigenvalue weighted by Crippen LogP contribution is 2.22. The molecule has 0 atom stereocenters. The first-order chi connectivity index (χ1) is 11.0. The summed E-state index contributed by atoms with van der Waals surface area (Å²) >= 11 is 0. The molecule has 1 aromatic carbocycles. The number of rotatable bonds is 7. The summed E-state index contributed by atoms with van der Waals surface area (Å²) in [5, 5.41) is 0. The molecule has 1 heterocycles. The zero-order chi connectivity index (χ0) is 16.8. The summed E-state index contributed by atoms with van der Waals surface area (Å²) in [6.07, 6.45) is 0.619. The number of piperazine rings is 1. The van der Waals surface area contributed by atoms with Crippen molar-refractivity contribution in [2.75, 3.05) is 57.8 Å². The predicted octanol–water partition coefficient (Wildman–Crippen LogP) is 2.66. The summed E-state index contributed by atoms with van der Waals surface area (Å²) in [5.74, 6) is 0.262. The van der Waals surface area contributed by atoms with E-state index in [9.17, 15) is 4.79 Å². The highest BCUT2D eigenvalue weighted by molar-refractivity contribution is 5.96. The molecule has 0 radical (unpaired) electrons. The number of hydrogen-bond donors (Lipinski definition) is 0. The molecule has 1 fully saturated rings. The van der Waals surface area contributed by atoms with Crippen molar-refractivity contribution in [3.63, 3.8) is 0 Å². The van der Waals surface area contributed by atoms with Crippen LogP contribution in [0.5, 0.6) is 0 Å². The van der Waals surface area contributed by atoms with E-state index in [-0.39, 0.29) is 5.78 Å². The molecule has 2 rings (SSSR count). The van der Waals surface area contributed by atoms with Crippen molar-refractivity contribution in [1.82, 2.24) is 9.80 Å². The maximum absolute atomic E-state index is 12.5. The van der Waals surface area contributed by atoms with Crippen LogP contribution >= 0.6 is 0 Å². The van der Waals surface area contributed by atoms with Crippen LogP contribution in [0.2, 0.25) is 0 Å². The molecule has 1 aromatic rings. The molecule has 0 unspecified atom stereocenters. The molecule has 0 N–H and O–H groups in total. The largest absolute Gasteiger partial charge is 0.372 e. The fraction of sp³-hybridized carbons (Fsp3) is 0.632. The lowest BCUT2D eigenvalue weighted by molar-refractivity contribution is 0.0942. The van der Waals surface area contributed by atoms with Gasteiger partial charge >= 0.3 is 0 Å². The maximum Gasteiger partial charge on any atom is 0.164 e. The van der Waals surface area contributed by atoms with Gasteiger partial charge in [-0.05, 0) is 51.6 Å². The fourth-order valence-electron chi connectivity index (χ4n) is 3.22. The van der Waals surface area contributed by atoms with E-state index in [4.69, 9.17) is 0 Å². The van der Waals surface area contributed by atoms with E-state index in [0.29, 0.717) is 6.42 Å². The van der Waals surface area contributed by atoms with E-state index in [1.54, 1.807) is 0 Å². The first kappa shape index (κ1) is 18.0. The summed E-state index contributed by atoms with van der Waals surface area (Å²) in [7, 11) is 2.16. The molecule has 1 saturated heterocycles. The average Bonchev–Trinajstić information content (AvgIpc) is 2.56. The van der Waals surface area contributed by atoms with E-state index < -0.39 is 0 Å². The molecule has 1 aliphatic heterocycles. The van der Waals surface area contributed by atoms with Gasteiger partial charge in [0, 0.05) is 63.5 Å². The van der Waals surface area contributed by atoms with E-state index in [1.165, 1.54) is 11.3 Å². The lowest BCUT2D eigenvalue weighted by Crippen LogP contribution is -2.45. The molecular weight excluding hydrogens is 286 g/mol. The van der Waals surface area contributed by atoms with Gasteiger partial charge in [-0.2, -0.15) is 0 Å². The van der Waals surface area contributed by atoms with Gasteiger partial charge in [0.1, 0.15) is 0 Å². The first-order valence-corrected chi connectivity index (χ1v) is 8.84. The van der Waals surface area contributed by atoms with Gasteiger partial charge in [-0.3, -0.25) is 4.79 Å². The molecule has 128 valence electrons. The quantitative estimate of drug-likeness (QED) is 0.723. The van der Waals surface area contributed by atoms with Gasteiger partial charge in [-0.1, -0.05) is 0 Å². The van der Waals surface area contributed by atoms with Crippen molar-refractivity contribution >= 4 is 11.5 Å². The van der Waals surface area contributed by atoms with Gasteiger partial charge in [0.05, 0.1) is 0 Å². The Morgan fingerprint density at radius 2 is 1.78 bits per heavy atom. The third-order valence-electron chi connectivity index (χ3n) is 4.87. The van der Waals surface area contributed by atoms with Crippen LogP contribution in [0.4, 0.5) is 5.69 Å². The molecule has 4 heteroatoms. The third-order valence-corrected chi connectivity index (χ3v) is 4.87. The zero-order valence-electron chi connectivity index (χ0n) is 15.1. The third kappa shape index (κ3) is 4.79. The van der Waals surface area contributed by atoms with Gasteiger partial charge in [0.15, 0.2) is 5.78 Å². The number of carbonyl (C=O) groups excluding carboxylic acids is 1. The number of anilines is 1. The minimum absolute atomic E-state index is 0.262. The monoisotopic (exact) mass is 317 g/mol. The topological polar surface area (TPSA) is 26.8 Å². The number of carbonyl (C=O) groups is 1. The van der Waals surface area contributed by atoms with Crippen LogP contribution in [-0.4, -0.2) is 68.4 Å². The van der Waals surface area contributed by atoms with Crippen molar-refractivity contribution in [2.24, 2.45) is 0 Å². The second kappa shape index (κ2) is 8.46. The first-order valence-electron chi connectivity index (χ1n) is 8.84. The Morgan fingerprint density at radius 1 is 1.13 bits per heavy atom. The standard InChI is InChI=1S/C19H31N3O/c1-5-22(6-2)18-8-7-17(15-16(18)3)19(23)9-10-21-13-11-20(4)12-14-21/h7-8,15H,5-6,9-14H2,1-4H3. The second-order valence-corrected chi connectivity index (χ2v) is 6.49. The summed E-state index contributed by atoms with van der Waals surface area (Å²) in [5.41, 5.74) is 3.29. The van der Waals surface area contributed by atoms with Crippen LogP contribution in [0.1, 0.15) is 36.2 Å².